The normalized spacial score (nSPS) is 21.3. The lowest BCUT2D eigenvalue weighted by molar-refractivity contribution is 0.168. The summed E-state index contributed by atoms with van der Waals surface area (Å²) in [6.45, 7) is 0.829. The highest BCUT2D eigenvalue weighted by atomic mass is 35.5. The first-order valence-corrected chi connectivity index (χ1v) is 4.36. The molecule has 1 unspecified atom stereocenters. The van der Waals surface area contributed by atoms with Gasteiger partial charge < -0.3 is 10.4 Å². The maximum absolute atomic E-state index is 9.59. The molecule has 0 fully saturated rings. The van der Waals surface area contributed by atoms with Gasteiger partial charge in [-0.3, -0.25) is 0 Å². The van der Waals surface area contributed by atoms with Crippen molar-refractivity contribution in [1.82, 2.24) is 0 Å². The van der Waals surface area contributed by atoms with Crippen molar-refractivity contribution in [3.8, 4) is 0 Å². The SMILES string of the molecule is OC1CCNc2ccc(Cl)cc21. The van der Waals surface area contributed by atoms with Gasteiger partial charge >= 0.3 is 0 Å². The zero-order chi connectivity index (χ0) is 8.55. The van der Waals surface area contributed by atoms with Crippen LogP contribution in [0.4, 0.5) is 5.69 Å². The van der Waals surface area contributed by atoms with E-state index in [4.69, 9.17) is 11.6 Å². The van der Waals surface area contributed by atoms with Crippen molar-refractivity contribution in [2.45, 2.75) is 12.5 Å². The van der Waals surface area contributed by atoms with Crippen LogP contribution in [0, 0.1) is 0 Å². The number of halogens is 1. The molecule has 1 aliphatic heterocycles. The molecule has 2 N–H and O–H groups in total. The third kappa shape index (κ3) is 1.28. The van der Waals surface area contributed by atoms with E-state index in [-0.39, 0.29) is 6.10 Å². The first-order valence-electron chi connectivity index (χ1n) is 3.99. The smallest absolute Gasteiger partial charge is 0.0827 e. The van der Waals surface area contributed by atoms with E-state index >= 15 is 0 Å². The summed E-state index contributed by atoms with van der Waals surface area (Å²) in [5, 5.41) is 13.5. The van der Waals surface area contributed by atoms with Crippen molar-refractivity contribution >= 4 is 17.3 Å². The summed E-state index contributed by atoms with van der Waals surface area (Å²) < 4.78 is 0. The lowest BCUT2D eigenvalue weighted by Gasteiger charge is -2.22. The Kier molecular flexibility index (Phi) is 1.95. The minimum Gasteiger partial charge on any atom is -0.388 e. The largest absolute Gasteiger partial charge is 0.388 e. The van der Waals surface area contributed by atoms with Crippen LogP contribution < -0.4 is 5.32 Å². The van der Waals surface area contributed by atoms with Gasteiger partial charge in [0.15, 0.2) is 0 Å². The highest BCUT2D eigenvalue weighted by Gasteiger charge is 2.16. The Morgan fingerprint density at radius 1 is 1.50 bits per heavy atom. The van der Waals surface area contributed by atoms with Crippen LogP contribution in [0.15, 0.2) is 18.2 Å². The highest BCUT2D eigenvalue weighted by Crippen LogP contribution is 2.31. The third-order valence-corrected chi connectivity index (χ3v) is 2.34. The van der Waals surface area contributed by atoms with Crippen LogP contribution in [0.3, 0.4) is 0 Å². The second kappa shape index (κ2) is 2.96. The number of benzene rings is 1. The van der Waals surface area contributed by atoms with Crippen molar-refractivity contribution in [3.63, 3.8) is 0 Å². The van der Waals surface area contributed by atoms with Gasteiger partial charge in [0.05, 0.1) is 6.10 Å². The Morgan fingerprint density at radius 3 is 3.17 bits per heavy atom. The molecule has 1 aliphatic rings. The van der Waals surface area contributed by atoms with Gasteiger partial charge in [0.25, 0.3) is 0 Å². The second-order valence-corrected chi connectivity index (χ2v) is 3.40. The number of hydrogen-bond donors (Lipinski definition) is 2. The van der Waals surface area contributed by atoms with E-state index in [1.54, 1.807) is 0 Å². The maximum atomic E-state index is 9.59. The summed E-state index contributed by atoms with van der Waals surface area (Å²) in [5.41, 5.74) is 1.91. The van der Waals surface area contributed by atoms with E-state index < -0.39 is 0 Å². The molecule has 1 aromatic carbocycles. The van der Waals surface area contributed by atoms with E-state index in [1.807, 2.05) is 18.2 Å². The van der Waals surface area contributed by atoms with E-state index in [9.17, 15) is 5.11 Å². The van der Waals surface area contributed by atoms with Gasteiger partial charge in [-0.15, -0.1) is 0 Å². The van der Waals surface area contributed by atoms with E-state index in [0.717, 1.165) is 24.2 Å². The molecule has 3 heteroatoms. The lowest BCUT2D eigenvalue weighted by atomic mass is 10.0. The Bertz CT molecular complexity index is 301. The molecule has 0 aliphatic carbocycles. The molecule has 1 aromatic rings. The minimum absolute atomic E-state index is 0.361. The average Bonchev–Trinajstić information content (AvgIpc) is 2.07. The number of fused-ring (bicyclic) bond motifs is 1. The summed E-state index contributed by atoms with van der Waals surface area (Å²) in [6, 6.07) is 5.54. The fourth-order valence-corrected chi connectivity index (χ4v) is 1.65. The molecule has 0 spiro atoms. The summed E-state index contributed by atoms with van der Waals surface area (Å²) in [4.78, 5) is 0. The molecule has 0 saturated carbocycles. The summed E-state index contributed by atoms with van der Waals surface area (Å²) in [5.74, 6) is 0. The molecule has 64 valence electrons. The summed E-state index contributed by atoms with van der Waals surface area (Å²) in [7, 11) is 0. The third-order valence-electron chi connectivity index (χ3n) is 2.11. The van der Waals surface area contributed by atoms with Gasteiger partial charge in [-0.25, -0.2) is 0 Å². The van der Waals surface area contributed by atoms with Gasteiger partial charge in [-0.05, 0) is 24.6 Å². The van der Waals surface area contributed by atoms with Gasteiger partial charge in [-0.1, -0.05) is 11.6 Å². The van der Waals surface area contributed by atoms with E-state index in [1.165, 1.54) is 0 Å². The van der Waals surface area contributed by atoms with Crippen LogP contribution in [0.25, 0.3) is 0 Å². The van der Waals surface area contributed by atoms with Gasteiger partial charge in [0.1, 0.15) is 0 Å². The topological polar surface area (TPSA) is 32.3 Å². The standard InChI is InChI=1S/C9H10ClNO/c10-6-1-2-8-7(5-6)9(12)3-4-11-8/h1-2,5,9,11-12H,3-4H2. The van der Waals surface area contributed by atoms with E-state index in [0.29, 0.717) is 5.02 Å². The molecule has 0 radical (unpaired) electrons. The number of aliphatic hydroxyl groups excluding tert-OH is 1. The molecule has 0 amide bonds. The lowest BCUT2D eigenvalue weighted by Crippen LogP contribution is -2.16. The van der Waals surface area contributed by atoms with Crippen LogP contribution in [0.5, 0.6) is 0 Å². The molecule has 0 aromatic heterocycles. The number of hydrogen-bond acceptors (Lipinski definition) is 2. The van der Waals surface area contributed by atoms with Crippen LogP contribution in [0.2, 0.25) is 5.02 Å². The van der Waals surface area contributed by atoms with Crippen LogP contribution in [-0.4, -0.2) is 11.7 Å². The quantitative estimate of drug-likeness (QED) is 0.646. The average molecular weight is 184 g/mol. The Morgan fingerprint density at radius 2 is 2.33 bits per heavy atom. The number of anilines is 1. The molecule has 0 saturated heterocycles. The first-order chi connectivity index (χ1) is 5.77. The molecule has 1 atom stereocenters. The van der Waals surface area contributed by atoms with Crippen molar-refractivity contribution in [3.05, 3.63) is 28.8 Å². The van der Waals surface area contributed by atoms with Crippen LogP contribution in [-0.2, 0) is 0 Å². The molecule has 12 heavy (non-hydrogen) atoms. The molecule has 2 nitrogen and oxygen atoms in total. The predicted molar refractivity (Wildman–Crippen MR) is 49.5 cm³/mol. The number of rotatable bonds is 0. The molecular formula is C9H10ClNO. The molecule has 1 heterocycles. The van der Waals surface area contributed by atoms with Crippen molar-refractivity contribution < 1.29 is 5.11 Å². The van der Waals surface area contributed by atoms with Crippen LogP contribution in [0.1, 0.15) is 18.1 Å². The van der Waals surface area contributed by atoms with Crippen molar-refractivity contribution in [1.29, 1.82) is 0 Å². The number of nitrogens with one attached hydrogen (secondary N) is 1. The molecule has 0 bridgehead atoms. The fraction of sp³-hybridized carbons (Fsp3) is 0.333. The maximum Gasteiger partial charge on any atom is 0.0827 e. The predicted octanol–water partition coefficient (Wildman–Crippen LogP) is 2.19. The Labute approximate surface area is 76.2 Å². The van der Waals surface area contributed by atoms with Gasteiger partial charge in [0, 0.05) is 22.8 Å². The van der Waals surface area contributed by atoms with Gasteiger partial charge in [0.2, 0.25) is 0 Å². The number of aliphatic hydroxyl groups is 1. The summed E-state index contributed by atoms with van der Waals surface area (Å²) in [6.07, 6.45) is 0.396. The second-order valence-electron chi connectivity index (χ2n) is 2.96. The minimum atomic E-state index is -0.361. The fourth-order valence-electron chi connectivity index (χ4n) is 1.47. The Hall–Kier alpha value is -0.730. The van der Waals surface area contributed by atoms with E-state index in [2.05, 4.69) is 5.32 Å². The Balaban J connectivity index is 2.47. The summed E-state index contributed by atoms with van der Waals surface area (Å²) >= 11 is 5.80. The van der Waals surface area contributed by atoms with Gasteiger partial charge in [-0.2, -0.15) is 0 Å². The van der Waals surface area contributed by atoms with Crippen molar-refractivity contribution in [2.24, 2.45) is 0 Å². The van der Waals surface area contributed by atoms with Crippen molar-refractivity contribution in [2.75, 3.05) is 11.9 Å². The zero-order valence-corrected chi connectivity index (χ0v) is 7.30. The molecular weight excluding hydrogens is 174 g/mol. The highest BCUT2D eigenvalue weighted by molar-refractivity contribution is 6.30. The first kappa shape index (κ1) is 7.90. The molecule has 2 rings (SSSR count). The van der Waals surface area contributed by atoms with Crippen LogP contribution >= 0.6 is 11.6 Å². The zero-order valence-electron chi connectivity index (χ0n) is 6.55. The monoisotopic (exact) mass is 183 g/mol.